The largest absolute Gasteiger partial charge is 0.359 e. The Labute approximate surface area is 94.3 Å². The molecule has 2 aromatic heterocycles. The molecule has 2 rings (SSSR count). The summed E-state index contributed by atoms with van der Waals surface area (Å²) in [6, 6.07) is 2.01. The summed E-state index contributed by atoms with van der Waals surface area (Å²) in [7, 11) is 1.64. The minimum atomic E-state index is 0.00755. The van der Waals surface area contributed by atoms with Crippen molar-refractivity contribution in [3.8, 4) is 0 Å². The van der Waals surface area contributed by atoms with Crippen molar-refractivity contribution in [2.75, 3.05) is 7.05 Å². The summed E-state index contributed by atoms with van der Waals surface area (Å²) >= 11 is 0. The first-order valence-electron chi connectivity index (χ1n) is 5.25. The van der Waals surface area contributed by atoms with Crippen molar-refractivity contribution in [2.45, 2.75) is 20.3 Å². The van der Waals surface area contributed by atoms with E-state index in [1.165, 1.54) is 0 Å². The molecule has 1 N–H and O–H groups in total. The molecule has 0 saturated heterocycles. The fourth-order valence-electron chi connectivity index (χ4n) is 1.84. The fraction of sp³-hybridized carbons (Fsp3) is 0.333. The topological polar surface area (TPSA) is 46.4 Å². The third-order valence-corrected chi connectivity index (χ3v) is 2.51. The molecule has 0 unspecified atom stereocenters. The van der Waals surface area contributed by atoms with Crippen LogP contribution in [0, 0.1) is 13.8 Å². The molecular weight excluding hydrogens is 202 g/mol. The van der Waals surface area contributed by atoms with Gasteiger partial charge in [-0.15, -0.1) is 0 Å². The highest BCUT2D eigenvalue weighted by Crippen LogP contribution is 2.14. The summed E-state index contributed by atoms with van der Waals surface area (Å²) in [5.74, 6) is 0.00755. The van der Waals surface area contributed by atoms with Crippen LogP contribution in [0.1, 0.15) is 16.8 Å². The predicted molar refractivity (Wildman–Crippen MR) is 62.4 cm³/mol. The SMILES string of the molecule is CNC(=O)Cc1cc(C)cn2cc(C)nc12. The average molecular weight is 217 g/mol. The van der Waals surface area contributed by atoms with Gasteiger partial charge in [0.15, 0.2) is 0 Å². The van der Waals surface area contributed by atoms with Crippen molar-refractivity contribution < 1.29 is 4.79 Å². The van der Waals surface area contributed by atoms with Crippen molar-refractivity contribution in [3.63, 3.8) is 0 Å². The van der Waals surface area contributed by atoms with Crippen LogP contribution in [0.2, 0.25) is 0 Å². The molecule has 0 spiro atoms. The maximum Gasteiger partial charge on any atom is 0.224 e. The Hall–Kier alpha value is -1.84. The van der Waals surface area contributed by atoms with E-state index in [-0.39, 0.29) is 5.91 Å². The van der Waals surface area contributed by atoms with Gasteiger partial charge in [0, 0.05) is 25.0 Å². The second-order valence-electron chi connectivity index (χ2n) is 4.01. The molecule has 0 fully saturated rings. The lowest BCUT2D eigenvalue weighted by atomic mass is 10.1. The summed E-state index contributed by atoms with van der Waals surface area (Å²) in [6.45, 7) is 3.97. The first-order chi connectivity index (χ1) is 7.60. The van der Waals surface area contributed by atoms with Crippen molar-refractivity contribution in [1.82, 2.24) is 14.7 Å². The van der Waals surface area contributed by atoms with Crippen LogP contribution in [0.3, 0.4) is 0 Å². The molecule has 2 aromatic rings. The maximum absolute atomic E-state index is 11.4. The number of amides is 1. The zero-order valence-corrected chi connectivity index (χ0v) is 9.74. The van der Waals surface area contributed by atoms with Gasteiger partial charge in [-0.2, -0.15) is 0 Å². The zero-order chi connectivity index (χ0) is 11.7. The van der Waals surface area contributed by atoms with Crippen LogP contribution in [0.5, 0.6) is 0 Å². The van der Waals surface area contributed by atoms with E-state index in [9.17, 15) is 4.79 Å². The number of carbonyl (C=O) groups is 1. The Morgan fingerprint density at radius 1 is 1.44 bits per heavy atom. The van der Waals surface area contributed by atoms with E-state index in [1.807, 2.05) is 36.7 Å². The Balaban J connectivity index is 2.53. The number of imidazole rings is 1. The van der Waals surface area contributed by atoms with Crippen molar-refractivity contribution in [1.29, 1.82) is 0 Å². The number of nitrogens with zero attached hydrogens (tertiary/aromatic N) is 2. The standard InChI is InChI=1S/C12H15N3O/c1-8-4-10(5-11(16)13-3)12-14-9(2)7-15(12)6-8/h4,6-7H,5H2,1-3H3,(H,13,16). The lowest BCUT2D eigenvalue weighted by Gasteiger charge is -2.04. The molecule has 4 nitrogen and oxygen atoms in total. The van der Waals surface area contributed by atoms with E-state index < -0.39 is 0 Å². The van der Waals surface area contributed by atoms with E-state index in [0.29, 0.717) is 6.42 Å². The van der Waals surface area contributed by atoms with E-state index in [4.69, 9.17) is 0 Å². The van der Waals surface area contributed by atoms with E-state index in [1.54, 1.807) is 7.05 Å². The van der Waals surface area contributed by atoms with Crippen LogP contribution in [0.15, 0.2) is 18.5 Å². The van der Waals surface area contributed by atoms with Crippen LogP contribution in [-0.4, -0.2) is 22.3 Å². The van der Waals surface area contributed by atoms with Crippen LogP contribution in [0.25, 0.3) is 5.65 Å². The molecule has 0 aliphatic heterocycles. The molecule has 0 aliphatic carbocycles. The summed E-state index contributed by atoms with van der Waals surface area (Å²) in [6.07, 6.45) is 4.36. The van der Waals surface area contributed by atoms with Crippen LogP contribution in [0.4, 0.5) is 0 Å². The molecule has 2 heterocycles. The zero-order valence-electron chi connectivity index (χ0n) is 9.74. The van der Waals surface area contributed by atoms with Crippen LogP contribution in [-0.2, 0) is 11.2 Å². The second kappa shape index (κ2) is 3.96. The summed E-state index contributed by atoms with van der Waals surface area (Å²) in [5, 5.41) is 2.63. The minimum Gasteiger partial charge on any atom is -0.359 e. The van der Waals surface area contributed by atoms with Crippen molar-refractivity contribution >= 4 is 11.6 Å². The van der Waals surface area contributed by atoms with Gasteiger partial charge in [0.2, 0.25) is 5.91 Å². The number of fused-ring (bicyclic) bond motifs is 1. The highest BCUT2D eigenvalue weighted by atomic mass is 16.1. The third kappa shape index (κ3) is 1.91. The highest BCUT2D eigenvalue weighted by molar-refractivity contribution is 5.80. The molecule has 0 saturated carbocycles. The maximum atomic E-state index is 11.4. The predicted octanol–water partition coefficient (Wildman–Crippen LogP) is 1.24. The number of likely N-dealkylation sites (N-methyl/N-ethyl adjacent to an activating group) is 1. The first-order valence-corrected chi connectivity index (χ1v) is 5.25. The van der Waals surface area contributed by atoms with Gasteiger partial charge in [-0.05, 0) is 19.4 Å². The van der Waals surface area contributed by atoms with Gasteiger partial charge < -0.3 is 9.72 Å². The van der Waals surface area contributed by atoms with Crippen LogP contribution < -0.4 is 5.32 Å². The van der Waals surface area contributed by atoms with Gasteiger partial charge in [0.05, 0.1) is 12.1 Å². The number of nitrogens with one attached hydrogen (secondary N) is 1. The minimum absolute atomic E-state index is 0.00755. The Morgan fingerprint density at radius 2 is 2.19 bits per heavy atom. The van der Waals surface area contributed by atoms with E-state index in [0.717, 1.165) is 22.5 Å². The molecular formula is C12H15N3O. The normalized spacial score (nSPS) is 10.7. The molecule has 1 amide bonds. The van der Waals surface area contributed by atoms with Gasteiger partial charge in [0.25, 0.3) is 0 Å². The average Bonchev–Trinajstić information content (AvgIpc) is 2.58. The van der Waals surface area contributed by atoms with Gasteiger partial charge >= 0.3 is 0 Å². The monoisotopic (exact) mass is 217 g/mol. The lowest BCUT2D eigenvalue weighted by Crippen LogP contribution is -2.20. The Kier molecular flexibility index (Phi) is 2.64. The summed E-state index contributed by atoms with van der Waals surface area (Å²) < 4.78 is 1.98. The lowest BCUT2D eigenvalue weighted by molar-refractivity contribution is -0.119. The molecule has 4 heteroatoms. The Morgan fingerprint density at radius 3 is 2.88 bits per heavy atom. The summed E-state index contributed by atoms with van der Waals surface area (Å²) in [5.41, 5.74) is 3.92. The number of carbonyl (C=O) groups excluding carboxylic acids is 1. The molecule has 0 bridgehead atoms. The third-order valence-electron chi connectivity index (χ3n) is 2.51. The quantitative estimate of drug-likeness (QED) is 0.822. The molecule has 84 valence electrons. The number of hydrogen-bond donors (Lipinski definition) is 1. The number of pyridine rings is 1. The number of hydrogen-bond acceptors (Lipinski definition) is 2. The Bertz CT molecular complexity index is 542. The molecule has 0 aliphatic rings. The van der Waals surface area contributed by atoms with Gasteiger partial charge in [-0.25, -0.2) is 4.98 Å². The van der Waals surface area contributed by atoms with E-state index >= 15 is 0 Å². The number of rotatable bonds is 2. The molecule has 0 atom stereocenters. The smallest absolute Gasteiger partial charge is 0.224 e. The van der Waals surface area contributed by atoms with Gasteiger partial charge in [-0.1, -0.05) is 6.07 Å². The van der Waals surface area contributed by atoms with E-state index in [2.05, 4.69) is 10.3 Å². The fourth-order valence-corrected chi connectivity index (χ4v) is 1.84. The highest BCUT2D eigenvalue weighted by Gasteiger charge is 2.09. The molecule has 0 radical (unpaired) electrons. The number of aromatic nitrogens is 2. The first kappa shape index (κ1) is 10.7. The second-order valence-corrected chi connectivity index (χ2v) is 4.01. The van der Waals surface area contributed by atoms with Gasteiger partial charge in [-0.3, -0.25) is 4.79 Å². The number of aryl methyl sites for hydroxylation is 2. The van der Waals surface area contributed by atoms with Crippen molar-refractivity contribution in [3.05, 3.63) is 35.3 Å². The molecule has 16 heavy (non-hydrogen) atoms. The summed E-state index contributed by atoms with van der Waals surface area (Å²) in [4.78, 5) is 15.8. The molecule has 0 aromatic carbocycles. The van der Waals surface area contributed by atoms with Crippen molar-refractivity contribution in [2.24, 2.45) is 0 Å². The van der Waals surface area contributed by atoms with Crippen LogP contribution >= 0.6 is 0 Å². The van der Waals surface area contributed by atoms with Gasteiger partial charge in [0.1, 0.15) is 5.65 Å².